The molecule has 0 aliphatic carbocycles. The Hall–Kier alpha value is -3.46. The van der Waals surface area contributed by atoms with Gasteiger partial charge in [-0.3, -0.25) is 4.79 Å². The number of amides is 1. The molecule has 38 heavy (non-hydrogen) atoms. The normalized spacial score (nSPS) is 17.0. The van der Waals surface area contributed by atoms with Crippen molar-refractivity contribution in [3.05, 3.63) is 65.2 Å². The summed E-state index contributed by atoms with van der Waals surface area (Å²) in [5.74, 6) is 0.636. The minimum absolute atomic E-state index is 0.0465. The van der Waals surface area contributed by atoms with Crippen LogP contribution in [0.3, 0.4) is 0 Å². The van der Waals surface area contributed by atoms with E-state index in [0.29, 0.717) is 24.0 Å². The first-order chi connectivity index (χ1) is 18.0. The SMILES string of the molecule is Cc1cccc(CCC(C)C)c1-c1cc2nc(n1)NS(=O)(=O)c1cccc(c1)C(=O)N[C@H](CC(C)C)CO2. The summed E-state index contributed by atoms with van der Waals surface area (Å²) in [6.45, 7) is 10.7. The topological polar surface area (TPSA) is 110 Å². The smallest absolute Gasteiger partial charge is 0.264 e. The van der Waals surface area contributed by atoms with Crippen LogP contribution in [-0.2, 0) is 16.4 Å². The molecule has 1 aliphatic heterocycles. The van der Waals surface area contributed by atoms with Crippen LogP contribution >= 0.6 is 0 Å². The predicted octanol–water partition coefficient (Wildman–Crippen LogP) is 5.38. The minimum Gasteiger partial charge on any atom is -0.475 e. The largest absolute Gasteiger partial charge is 0.475 e. The number of carbonyl (C=O) groups is 1. The highest BCUT2D eigenvalue weighted by molar-refractivity contribution is 7.92. The van der Waals surface area contributed by atoms with Gasteiger partial charge in [-0.05, 0) is 67.3 Å². The fourth-order valence-corrected chi connectivity index (χ4v) is 5.59. The first kappa shape index (κ1) is 27.6. The molecule has 9 heteroatoms. The number of anilines is 1. The standard InChI is InChI=1S/C29H36N4O4S/c1-18(2)12-13-21-9-6-8-20(5)27(21)25-16-26-32-29(31-25)33-38(35,36)24-11-7-10-22(15-24)28(34)30-23(17-37-26)14-19(3)4/h6-11,15-16,18-19,23H,12-14,17H2,1-5H3,(H,30,34)(H,31,32,33)/t23-/m1/s1. The van der Waals surface area contributed by atoms with Gasteiger partial charge in [0.1, 0.15) is 6.61 Å². The summed E-state index contributed by atoms with van der Waals surface area (Å²) < 4.78 is 35.2. The van der Waals surface area contributed by atoms with Crippen LogP contribution in [0.4, 0.5) is 5.95 Å². The van der Waals surface area contributed by atoms with E-state index in [9.17, 15) is 13.2 Å². The number of hydrogen-bond acceptors (Lipinski definition) is 6. The third-order valence-electron chi connectivity index (χ3n) is 6.46. The molecular formula is C29H36N4O4S. The summed E-state index contributed by atoms with van der Waals surface area (Å²) in [5.41, 5.74) is 3.94. The number of aryl methyl sites for hydroxylation is 2. The van der Waals surface area contributed by atoms with Gasteiger partial charge in [-0.25, -0.2) is 18.1 Å². The minimum atomic E-state index is -4.07. The predicted molar refractivity (Wildman–Crippen MR) is 149 cm³/mol. The van der Waals surface area contributed by atoms with E-state index < -0.39 is 10.0 Å². The zero-order valence-corrected chi connectivity index (χ0v) is 23.4. The molecule has 0 spiro atoms. The number of sulfonamides is 1. The highest BCUT2D eigenvalue weighted by Crippen LogP contribution is 2.31. The van der Waals surface area contributed by atoms with Crippen molar-refractivity contribution in [2.24, 2.45) is 11.8 Å². The number of carbonyl (C=O) groups excluding carboxylic acids is 1. The summed E-state index contributed by atoms with van der Waals surface area (Å²) in [4.78, 5) is 22.0. The number of benzene rings is 2. The number of nitrogens with one attached hydrogen (secondary N) is 2. The van der Waals surface area contributed by atoms with Gasteiger partial charge < -0.3 is 10.1 Å². The molecule has 3 aromatic rings. The second-order valence-corrected chi connectivity index (χ2v) is 12.4. The molecule has 0 fully saturated rings. The van der Waals surface area contributed by atoms with Crippen LogP contribution in [0.1, 0.15) is 62.0 Å². The second kappa shape index (κ2) is 11.5. The zero-order chi connectivity index (χ0) is 27.4. The Labute approximate surface area is 225 Å². The number of hydrogen-bond donors (Lipinski definition) is 2. The van der Waals surface area contributed by atoms with Gasteiger partial charge in [0, 0.05) is 17.2 Å². The molecule has 4 rings (SSSR count). The van der Waals surface area contributed by atoms with Gasteiger partial charge in [0.25, 0.3) is 15.9 Å². The van der Waals surface area contributed by atoms with Gasteiger partial charge >= 0.3 is 0 Å². The van der Waals surface area contributed by atoms with Crippen LogP contribution in [0, 0.1) is 18.8 Å². The molecule has 0 unspecified atom stereocenters. The van der Waals surface area contributed by atoms with Crippen molar-refractivity contribution in [1.82, 2.24) is 15.3 Å². The Bertz CT molecular complexity index is 1420. The molecule has 0 radical (unpaired) electrons. The van der Waals surface area contributed by atoms with E-state index in [2.05, 4.69) is 53.8 Å². The molecule has 8 nitrogen and oxygen atoms in total. The molecule has 1 atom stereocenters. The number of fused-ring (bicyclic) bond motifs is 4. The van der Waals surface area contributed by atoms with Gasteiger partial charge in [-0.2, -0.15) is 4.98 Å². The molecule has 2 heterocycles. The summed E-state index contributed by atoms with van der Waals surface area (Å²) in [6.07, 6.45) is 2.56. The van der Waals surface area contributed by atoms with Crippen LogP contribution < -0.4 is 14.8 Å². The lowest BCUT2D eigenvalue weighted by molar-refractivity contribution is 0.0913. The molecule has 2 aromatic carbocycles. The summed E-state index contributed by atoms with van der Waals surface area (Å²) in [7, 11) is -4.07. The number of aromatic nitrogens is 2. The molecular weight excluding hydrogens is 500 g/mol. The van der Waals surface area contributed by atoms with Gasteiger partial charge in [0.2, 0.25) is 11.8 Å². The van der Waals surface area contributed by atoms with Crippen molar-refractivity contribution in [3.63, 3.8) is 0 Å². The van der Waals surface area contributed by atoms with Gasteiger partial charge in [0.05, 0.1) is 16.6 Å². The quantitative estimate of drug-likeness (QED) is 0.438. The highest BCUT2D eigenvalue weighted by atomic mass is 32.2. The number of rotatable bonds is 6. The Morgan fingerprint density at radius 1 is 1.03 bits per heavy atom. The first-order valence-electron chi connectivity index (χ1n) is 13.1. The van der Waals surface area contributed by atoms with Crippen molar-refractivity contribution >= 4 is 21.9 Å². The van der Waals surface area contributed by atoms with E-state index in [-0.39, 0.29) is 40.8 Å². The van der Waals surface area contributed by atoms with Crippen molar-refractivity contribution in [2.75, 3.05) is 11.3 Å². The molecule has 0 saturated heterocycles. The second-order valence-electron chi connectivity index (χ2n) is 10.7. The molecule has 202 valence electrons. The zero-order valence-electron chi connectivity index (χ0n) is 22.6. The van der Waals surface area contributed by atoms with E-state index >= 15 is 0 Å². The van der Waals surface area contributed by atoms with Crippen molar-refractivity contribution in [1.29, 1.82) is 0 Å². The number of ether oxygens (including phenoxy) is 1. The maximum absolute atomic E-state index is 13.3. The fourth-order valence-electron chi connectivity index (χ4n) is 4.60. The molecule has 4 bridgehead atoms. The first-order valence-corrected chi connectivity index (χ1v) is 14.5. The molecule has 0 saturated carbocycles. The molecule has 1 amide bonds. The third kappa shape index (κ3) is 6.69. The van der Waals surface area contributed by atoms with E-state index in [1.165, 1.54) is 12.1 Å². The summed E-state index contributed by atoms with van der Waals surface area (Å²) in [6, 6.07) is 13.5. The molecule has 1 aliphatic rings. The van der Waals surface area contributed by atoms with Gasteiger partial charge in [-0.1, -0.05) is 52.0 Å². The average molecular weight is 537 g/mol. The van der Waals surface area contributed by atoms with Gasteiger partial charge in [-0.15, -0.1) is 0 Å². The Balaban J connectivity index is 1.84. The van der Waals surface area contributed by atoms with E-state index in [4.69, 9.17) is 4.74 Å². The van der Waals surface area contributed by atoms with Crippen molar-refractivity contribution in [2.45, 2.75) is 64.8 Å². The van der Waals surface area contributed by atoms with Gasteiger partial charge in [0.15, 0.2) is 0 Å². The van der Waals surface area contributed by atoms with Crippen LogP contribution in [-0.4, -0.2) is 36.9 Å². The van der Waals surface area contributed by atoms with Crippen LogP contribution in [0.15, 0.2) is 53.4 Å². The summed E-state index contributed by atoms with van der Waals surface area (Å²) >= 11 is 0. The van der Waals surface area contributed by atoms with Crippen molar-refractivity contribution < 1.29 is 17.9 Å². The lowest BCUT2D eigenvalue weighted by atomic mass is 9.93. The van der Waals surface area contributed by atoms with Crippen LogP contribution in [0.2, 0.25) is 0 Å². The Morgan fingerprint density at radius 3 is 2.53 bits per heavy atom. The average Bonchev–Trinajstić information content (AvgIpc) is 2.85. The van der Waals surface area contributed by atoms with E-state index in [1.54, 1.807) is 18.2 Å². The third-order valence-corrected chi connectivity index (χ3v) is 7.79. The van der Waals surface area contributed by atoms with Crippen LogP contribution in [0.5, 0.6) is 5.88 Å². The van der Waals surface area contributed by atoms with E-state index in [0.717, 1.165) is 29.5 Å². The molecule has 2 N–H and O–H groups in total. The Kier molecular flexibility index (Phi) is 8.35. The fraction of sp³-hybridized carbons (Fsp3) is 0.414. The lowest BCUT2D eigenvalue weighted by Crippen LogP contribution is -2.40. The maximum Gasteiger partial charge on any atom is 0.264 e. The van der Waals surface area contributed by atoms with Crippen LogP contribution in [0.25, 0.3) is 11.3 Å². The lowest BCUT2D eigenvalue weighted by Gasteiger charge is -2.21. The monoisotopic (exact) mass is 536 g/mol. The highest BCUT2D eigenvalue weighted by Gasteiger charge is 2.23. The van der Waals surface area contributed by atoms with Crippen molar-refractivity contribution in [3.8, 4) is 17.1 Å². The molecule has 1 aromatic heterocycles. The Morgan fingerprint density at radius 2 is 1.79 bits per heavy atom. The maximum atomic E-state index is 13.3. The summed E-state index contributed by atoms with van der Waals surface area (Å²) in [5, 5.41) is 3.00. The van der Waals surface area contributed by atoms with E-state index in [1.807, 2.05) is 19.1 Å². The number of nitrogens with zero attached hydrogens (tertiary/aromatic N) is 2.